The summed E-state index contributed by atoms with van der Waals surface area (Å²) in [5, 5.41) is 37.8. The van der Waals surface area contributed by atoms with Crippen LogP contribution in [0.15, 0.2) is 0 Å². The highest BCUT2D eigenvalue weighted by Gasteiger charge is 2.42. The molecule has 0 spiro atoms. The molecule has 0 aromatic carbocycles. The standard InChI is InChI=1S/C11H22O5/c1-2-3-4-5-7-9(13)11(15)10(14)8(6-12)16-7/h7-15H,2-6H2,1H3/t7-,8-,9+,10-,11-/m1/s1. The van der Waals surface area contributed by atoms with Crippen LogP contribution in [0, 0.1) is 0 Å². The lowest BCUT2D eigenvalue weighted by Crippen LogP contribution is -2.58. The Morgan fingerprint density at radius 2 is 1.56 bits per heavy atom. The molecule has 0 unspecified atom stereocenters. The van der Waals surface area contributed by atoms with Crippen molar-refractivity contribution in [1.82, 2.24) is 0 Å². The summed E-state index contributed by atoms with van der Waals surface area (Å²) in [5.41, 5.74) is 0. The first kappa shape index (κ1) is 13.9. The van der Waals surface area contributed by atoms with Gasteiger partial charge in [-0.3, -0.25) is 0 Å². The van der Waals surface area contributed by atoms with Crippen molar-refractivity contribution in [2.45, 2.75) is 63.1 Å². The molecule has 0 bridgehead atoms. The van der Waals surface area contributed by atoms with Crippen molar-refractivity contribution in [3.05, 3.63) is 0 Å². The van der Waals surface area contributed by atoms with Gasteiger partial charge in [0, 0.05) is 0 Å². The maximum absolute atomic E-state index is 9.70. The minimum absolute atomic E-state index is 0.352. The zero-order chi connectivity index (χ0) is 12.1. The average Bonchev–Trinajstić information content (AvgIpc) is 2.29. The van der Waals surface area contributed by atoms with E-state index in [-0.39, 0.29) is 6.61 Å². The van der Waals surface area contributed by atoms with Gasteiger partial charge in [0.1, 0.15) is 24.4 Å². The first-order valence-electron chi connectivity index (χ1n) is 5.92. The van der Waals surface area contributed by atoms with Crippen molar-refractivity contribution in [3.8, 4) is 0 Å². The van der Waals surface area contributed by atoms with Crippen molar-refractivity contribution < 1.29 is 25.2 Å². The second-order valence-electron chi connectivity index (χ2n) is 4.36. The lowest BCUT2D eigenvalue weighted by molar-refractivity contribution is -0.230. The third-order valence-electron chi connectivity index (χ3n) is 3.08. The second-order valence-corrected chi connectivity index (χ2v) is 4.36. The van der Waals surface area contributed by atoms with Crippen molar-refractivity contribution in [3.63, 3.8) is 0 Å². The van der Waals surface area contributed by atoms with Gasteiger partial charge in [-0.15, -0.1) is 0 Å². The van der Waals surface area contributed by atoms with E-state index in [0.717, 1.165) is 19.3 Å². The van der Waals surface area contributed by atoms with E-state index in [2.05, 4.69) is 6.92 Å². The Kier molecular flexibility index (Phi) is 5.64. The SMILES string of the molecule is CCCCC[C@H]1O[C@H](CO)[C@@H](O)[C@H](O)[C@H]1O. The molecule has 1 heterocycles. The Morgan fingerprint density at radius 3 is 2.12 bits per heavy atom. The number of rotatable bonds is 5. The molecule has 1 fully saturated rings. The van der Waals surface area contributed by atoms with Gasteiger partial charge in [0.2, 0.25) is 0 Å². The number of aliphatic hydroxyl groups excluding tert-OH is 4. The van der Waals surface area contributed by atoms with Gasteiger partial charge >= 0.3 is 0 Å². The summed E-state index contributed by atoms with van der Waals surface area (Å²) in [4.78, 5) is 0. The average molecular weight is 234 g/mol. The number of hydrogen-bond donors (Lipinski definition) is 4. The molecule has 0 aromatic heterocycles. The number of ether oxygens (including phenoxy) is 1. The lowest BCUT2D eigenvalue weighted by Gasteiger charge is -2.40. The smallest absolute Gasteiger partial charge is 0.111 e. The molecule has 0 amide bonds. The molecule has 1 aliphatic rings. The molecule has 0 aliphatic carbocycles. The Balaban J connectivity index is 2.50. The van der Waals surface area contributed by atoms with Crippen LogP contribution in [0.4, 0.5) is 0 Å². The monoisotopic (exact) mass is 234 g/mol. The molecular formula is C11H22O5. The van der Waals surface area contributed by atoms with E-state index in [1.54, 1.807) is 0 Å². The highest BCUT2D eigenvalue weighted by molar-refractivity contribution is 4.91. The summed E-state index contributed by atoms with van der Waals surface area (Å²) in [7, 11) is 0. The molecule has 5 atom stereocenters. The predicted octanol–water partition coefficient (Wildman–Crippen LogP) is -0.591. The molecule has 5 heteroatoms. The lowest BCUT2D eigenvalue weighted by atomic mass is 9.92. The van der Waals surface area contributed by atoms with Crippen LogP contribution in [0.25, 0.3) is 0 Å². The van der Waals surface area contributed by atoms with Crippen LogP contribution in [0.1, 0.15) is 32.6 Å². The summed E-state index contributed by atoms with van der Waals surface area (Å²) in [6, 6.07) is 0. The van der Waals surface area contributed by atoms with Crippen LogP contribution < -0.4 is 0 Å². The minimum Gasteiger partial charge on any atom is -0.394 e. The van der Waals surface area contributed by atoms with Gasteiger partial charge in [-0.1, -0.05) is 26.2 Å². The van der Waals surface area contributed by atoms with E-state index in [4.69, 9.17) is 9.84 Å². The fraction of sp³-hybridized carbons (Fsp3) is 1.00. The van der Waals surface area contributed by atoms with E-state index in [9.17, 15) is 15.3 Å². The van der Waals surface area contributed by atoms with Crippen LogP contribution in [0.5, 0.6) is 0 Å². The molecule has 96 valence electrons. The van der Waals surface area contributed by atoms with Gasteiger partial charge in [-0.05, 0) is 6.42 Å². The van der Waals surface area contributed by atoms with E-state index < -0.39 is 30.5 Å². The summed E-state index contributed by atoms with van der Waals surface area (Å²) < 4.78 is 5.37. The van der Waals surface area contributed by atoms with E-state index >= 15 is 0 Å². The van der Waals surface area contributed by atoms with E-state index in [1.165, 1.54) is 0 Å². The number of unbranched alkanes of at least 4 members (excludes halogenated alkanes) is 2. The fourth-order valence-electron chi connectivity index (χ4n) is 2.01. The number of aliphatic hydroxyl groups is 4. The van der Waals surface area contributed by atoms with E-state index in [0.29, 0.717) is 6.42 Å². The molecule has 4 N–H and O–H groups in total. The Morgan fingerprint density at radius 1 is 0.938 bits per heavy atom. The highest BCUT2D eigenvalue weighted by Crippen LogP contribution is 2.24. The molecule has 0 aromatic rings. The van der Waals surface area contributed by atoms with Crippen molar-refractivity contribution >= 4 is 0 Å². The first-order chi connectivity index (χ1) is 7.61. The Hall–Kier alpha value is -0.200. The topological polar surface area (TPSA) is 90.2 Å². The first-order valence-corrected chi connectivity index (χ1v) is 5.92. The Labute approximate surface area is 95.7 Å². The van der Waals surface area contributed by atoms with Crippen molar-refractivity contribution in [2.24, 2.45) is 0 Å². The summed E-state index contributed by atoms with van der Waals surface area (Å²) in [6.45, 7) is 1.72. The van der Waals surface area contributed by atoms with Gasteiger partial charge in [0.05, 0.1) is 12.7 Å². The zero-order valence-electron chi connectivity index (χ0n) is 9.62. The molecule has 16 heavy (non-hydrogen) atoms. The normalized spacial score (nSPS) is 39.9. The van der Waals surface area contributed by atoms with Crippen LogP contribution in [0.3, 0.4) is 0 Å². The van der Waals surface area contributed by atoms with Crippen LogP contribution in [0.2, 0.25) is 0 Å². The van der Waals surface area contributed by atoms with Crippen molar-refractivity contribution in [1.29, 1.82) is 0 Å². The van der Waals surface area contributed by atoms with Gasteiger partial charge in [0.15, 0.2) is 0 Å². The number of hydrogen-bond acceptors (Lipinski definition) is 5. The molecule has 5 nitrogen and oxygen atoms in total. The molecule has 1 aliphatic heterocycles. The largest absolute Gasteiger partial charge is 0.394 e. The third kappa shape index (κ3) is 3.15. The minimum atomic E-state index is -1.24. The molecule has 0 saturated carbocycles. The maximum atomic E-state index is 9.70. The summed E-state index contributed by atoms with van der Waals surface area (Å²) >= 11 is 0. The summed E-state index contributed by atoms with van der Waals surface area (Å²) in [6.07, 6.45) is -1.19. The maximum Gasteiger partial charge on any atom is 0.111 e. The molecule has 1 saturated heterocycles. The van der Waals surface area contributed by atoms with Crippen LogP contribution in [-0.4, -0.2) is 57.6 Å². The fourth-order valence-corrected chi connectivity index (χ4v) is 2.01. The predicted molar refractivity (Wildman–Crippen MR) is 57.9 cm³/mol. The second kappa shape index (κ2) is 6.51. The summed E-state index contributed by atoms with van der Waals surface area (Å²) in [5.74, 6) is 0. The Bertz CT molecular complexity index is 197. The van der Waals surface area contributed by atoms with E-state index in [1.807, 2.05) is 0 Å². The van der Waals surface area contributed by atoms with Gasteiger partial charge in [0.25, 0.3) is 0 Å². The quantitative estimate of drug-likeness (QED) is 0.477. The van der Waals surface area contributed by atoms with Crippen LogP contribution in [-0.2, 0) is 4.74 Å². The molecular weight excluding hydrogens is 212 g/mol. The molecule has 0 radical (unpaired) electrons. The van der Waals surface area contributed by atoms with Gasteiger partial charge in [-0.2, -0.15) is 0 Å². The van der Waals surface area contributed by atoms with Crippen molar-refractivity contribution in [2.75, 3.05) is 6.61 Å². The van der Waals surface area contributed by atoms with Gasteiger partial charge in [-0.25, -0.2) is 0 Å². The third-order valence-corrected chi connectivity index (χ3v) is 3.08. The highest BCUT2D eigenvalue weighted by atomic mass is 16.5. The van der Waals surface area contributed by atoms with Crippen LogP contribution >= 0.6 is 0 Å². The van der Waals surface area contributed by atoms with Gasteiger partial charge < -0.3 is 25.2 Å². The molecule has 1 rings (SSSR count). The zero-order valence-corrected chi connectivity index (χ0v) is 9.62.